The molecule has 0 radical (unpaired) electrons. The molecular formula is C17H26N4O4S. The fraction of sp³-hybridized carbons (Fsp3) is 0.706. The molecule has 2 heterocycles. The Kier molecular flexibility index (Phi) is 5.47. The van der Waals surface area contributed by atoms with E-state index in [2.05, 4.69) is 17.2 Å². The summed E-state index contributed by atoms with van der Waals surface area (Å²) in [5.74, 6) is 0.272. The Morgan fingerprint density at radius 3 is 2.77 bits per heavy atom. The van der Waals surface area contributed by atoms with Crippen molar-refractivity contribution in [3.63, 3.8) is 0 Å². The van der Waals surface area contributed by atoms with E-state index in [9.17, 15) is 18.0 Å². The van der Waals surface area contributed by atoms with Crippen LogP contribution in [0.25, 0.3) is 0 Å². The standard InChI is InChI=1S/C17H26N4O4S/c1-12-5-3-4-6-14(12)19-16(22)10-20-11-18-15-9-21(26(2,24)25)8-7-13(15)17(20)23/h11-12,14H,3-10H2,1-2H3,(H,19,22). The van der Waals surface area contributed by atoms with Crippen molar-refractivity contribution in [2.24, 2.45) is 5.92 Å². The summed E-state index contributed by atoms with van der Waals surface area (Å²) in [5, 5.41) is 3.04. The van der Waals surface area contributed by atoms with Gasteiger partial charge in [0.25, 0.3) is 5.56 Å². The molecule has 26 heavy (non-hydrogen) atoms. The van der Waals surface area contributed by atoms with Crippen LogP contribution in [0.1, 0.15) is 43.9 Å². The van der Waals surface area contributed by atoms with Crippen molar-refractivity contribution in [3.8, 4) is 0 Å². The van der Waals surface area contributed by atoms with Crippen LogP contribution in [0.5, 0.6) is 0 Å². The number of rotatable bonds is 4. The number of nitrogens with zero attached hydrogens (tertiary/aromatic N) is 3. The van der Waals surface area contributed by atoms with Crippen LogP contribution in [0, 0.1) is 5.92 Å². The van der Waals surface area contributed by atoms with E-state index in [4.69, 9.17) is 0 Å². The molecule has 8 nitrogen and oxygen atoms in total. The Bertz CT molecular complexity index is 849. The van der Waals surface area contributed by atoms with Gasteiger partial charge in [0.05, 0.1) is 24.8 Å². The lowest BCUT2D eigenvalue weighted by molar-refractivity contribution is -0.123. The molecule has 144 valence electrons. The summed E-state index contributed by atoms with van der Waals surface area (Å²) in [6.45, 7) is 2.46. The van der Waals surface area contributed by atoms with Gasteiger partial charge in [-0.05, 0) is 25.2 Å². The van der Waals surface area contributed by atoms with Crippen molar-refractivity contribution in [1.82, 2.24) is 19.2 Å². The first kappa shape index (κ1) is 19.0. The highest BCUT2D eigenvalue weighted by Crippen LogP contribution is 2.23. The van der Waals surface area contributed by atoms with Gasteiger partial charge in [-0.15, -0.1) is 0 Å². The third-order valence-corrected chi connectivity index (χ3v) is 6.65. The minimum absolute atomic E-state index is 0.0574. The van der Waals surface area contributed by atoms with Crippen LogP contribution in [0.15, 0.2) is 11.1 Å². The van der Waals surface area contributed by atoms with Gasteiger partial charge in [0, 0.05) is 18.2 Å². The minimum Gasteiger partial charge on any atom is -0.352 e. The number of nitrogens with one attached hydrogen (secondary N) is 1. The molecule has 0 aromatic carbocycles. The van der Waals surface area contributed by atoms with E-state index < -0.39 is 10.0 Å². The van der Waals surface area contributed by atoms with E-state index in [0.29, 0.717) is 23.6 Å². The zero-order chi connectivity index (χ0) is 18.9. The molecule has 3 rings (SSSR count). The first-order valence-electron chi connectivity index (χ1n) is 9.07. The summed E-state index contributed by atoms with van der Waals surface area (Å²) in [4.78, 5) is 29.2. The first-order valence-corrected chi connectivity index (χ1v) is 10.9. The van der Waals surface area contributed by atoms with Gasteiger partial charge in [0.1, 0.15) is 6.54 Å². The van der Waals surface area contributed by atoms with Gasteiger partial charge in [-0.2, -0.15) is 4.31 Å². The molecule has 1 amide bonds. The predicted octanol–water partition coefficient (Wildman–Crippen LogP) is 0.256. The topological polar surface area (TPSA) is 101 Å². The lowest BCUT2D eigenvalue weighted by Gasteiger charge is -2.29. The maximum Gasteiger partial charge on any atom is 0.257 e. The Morgan fingerprint density at radius 2 is 2.08 bits per heavy atom. The van der Waals surface area contributed by atoms with Crippen LogP contribution in [-0.2, 0) is 34.3 Å². The fourth-order valence-electron chi connectivity index (χ4n) is 3.77. The molecule has 1 fully saturated rings. The summed E-state index contributed by atoms with van der Waals surface area (Å²) in [6.07, 6.45) is 7.22. The molecule has 2 aliphatic rings. The molecule has 9 heteroatoms. The Morgan fingerprint density at radius 1 is 1.35 bits per heavy atom. The van der Waals surface area contributed by atoms with Crippen molar-refractivity contribution in [1.29, 1.82) is 0 Å². The minimum atomic E-state index is -3.31. The Labute approximate surface area is 153 Å². The lowest BCUT2D eigenvalue weighted by atomic mass is 9.86. The second-order valence-corrected chi connectivity index (χ2v) is 9.37. The quantitative estimate of drug-likeness (QED) is 0.805. The molecule has 2 atom stereocenters. The summed E-state index contributed by atoms with van der Waals surface area (Å²) in [5.41, 5.74) is 0.727. The predicted molar refractivity (Wildman–Crippen MR) is 97.0 cm³/mol. The summed E-state index contributed by atoms with van der Waals surface area (Å²) < 4.78 is 26.0. The maximum atomic E-state index is 12.6. The third kappa shape index (κ3) is 4.15. The maximum absolute atomic E-state index is 12.6. The van der Waals surface area contributed by atoms with E-state index >= 15 is 0 Å². The van der Waals surface area contributed by atoms with E-state index in [1.165, 1.54) is 21.6 Å². The van der Waals surface area contributed by atoms with E-state index in [1.807, 2.05) is 0 Å². The molecule has 1 aliphatic heterocycles. The zero-order valence-corrected chi connectivity index (χ0v) is 16.1. The highest BCUT2D eigenvalue weighted by molar-refractivity contribution is 7.88. The van der Waals surface area contributed by atoms with Crippen molar-refractivity contribution >= 4 is 15.9 Å². The van der Waals surface area contributed by atoms with Crippen molar-refractivity contribution in [3.05, 3.63) is 27.9 Å². The highest BCUT2D eigenvalue weighted by Gasteiger charge is 2.27. The average molecular weight is 382 g/mol. The molecule has 1 aliphatic carbocycles. The van der Waals surface area contributed by atoms with Crippen molar-refractivity contribution < 1.29 is 13.2 Å². The summed E-state index contributed by atoms with van der Waals surface area (Å²) in [7, 11) is -3.31. The number of carbonyl (C=O) groups is 1. The normalized spacial score (nSPS) is 24.1. The van der Waals surface area contributed by atoms with Gasteiger partial charge in [0.15, 0.2) is 0 Å². The van der Waals surface area contributed by atoms with Crippen LogP contribution in [0.4, 0.5) is 0 Å². The number of carbonyl (C=O) groups excluding carboxylic acids is 1. The second-order valence-electron chi connectivity index (χ2n) is 7.39. The lowest BCUT2D eigenvalue weighted by Crippen LogP contribution is -2.44. The summed E-state index contributed by atoms with van der Waals surface area (Å²) >= 11 is 0. The average Bonchev–Trinajstić information content (AvgIpc) is 2.58. The third-order valence-electron chi connectivity index (χ3n) is 5.40. The van der Waals surface area contributed by atoms with Crippen molar-refractivity contribution in [2.45, 2.75) is 58.2 Å². The van der Waals surface area contributed by atoms with Crippen LogP contribution < -0.4 is 10.9 Å². The van der Waals surface area contributed by atoms with Gasteiger partial charge >= 0.3 is 0 Å². The van der Waals surface area contributed by atoms with Gasteiger partial charge in [-0.1, -0.05) is 19.8 Å². The molecule has 1 aromatic rings. The molecule has 1 saturated carbocycles. The van der Waals surface area contributed by atoms with Crippen LogP contribution in [0.3, 0.4) is 0 Å². The molecule has 0 bridgehead atoms. The van der Waals surface area contributed by atoms with Gasteiger partial charge in [-0.3, -0.25) is 14.2 Å². The molecule has 0 saturated heterocycles. The van der Waals surface area contributed by atoms with Gasteiger partial charge in [-0.25, -0.2) is 13.4 Å². The zero-order valence-electron chi connectivity index (χ0n) is 15.3. The number of amides is 1. The Balaban J connectivity index is 1.70. The second kappa shape index (κ2) is 7.48. The largest absolute Gasteiger partial charge is 0.352 e. The number of hydrogen-bond acceptors (Lipinski definition) is 5. The van der Waals surface area contributed by atoms with Crippen LogP contribution >= 0.6 is 0 Å². The molecule has 2 unspecified atom stereocenters. The van der Waals surface area contributed by atoms with Crippen LogP contribution in [-0.4, -0.2) is 47.0 Å². The number of aromatic nitrogens is 2. The summed E-state index contributed by atoms with van der Waals surface area (Å²) in [6, 6.07) is 0.167. The molecule has 1 N–H and O–H groups in total. The smallest absolute Gasteiger partial charge is 0.257 e. The first-order chi connectivity index (χ1) is 12.3. The van der Waals surface area contributed by atoms with E-state index in [0.717, 1.165) is 25.5 Å². The van der Waals surface area contributed by atoms with Crippen molar-refractivity contribution in [2.75, 3.05) is 12.8 Å². The Hall–Kier alpha value is -1.74. The van der Waals surface area contributed by atoms with Gasteiger partial charge in [0.2, 0.25) is 15.9 Å². The van der Waals surface area contributed by atoms with Gasteiger partial charge < -0.3 is 5.32 Å². The van der Waals surface area contributed by atoms with Crippen LogP contribution in [0.2, 0.25) is 0 Å². The number of hydrogen-bond donors (Lipinski definition) is 1. The van der Waals surface area contributed by atoms with E-state index in [1.54, 1.807) is 0 Å². The molecule has 0 spiro atoms. The highest BCUT2D eigenvalue weighted by atomic mass is 32.2. The fourth-order valence-corrected chi connectivity index (χ4v) is 4.55. The molecule has 1 aromatic heterocycles. The van der Waals surface area contributed by atoms with E-state index in [-0.39, 0.29) is 37.1 Å². The molecular weight excluding hydrogens is 356 g/mol. The number of fused-ring (bicyclic) bond motifs is 1. The number of sulfonamides is 1. The monoisotopic (exact) mass is 382 g/mol. The SMILES string of the molecule is CC1CCCCC1NC(=O)Cn1cnc2c(c1=O)CCN(S(C)(=O)=O)C2.